The van der Waals surface area contributed by atoms with Crippen LogP contribution in [0.25, 0.3) is 0 Å². The summed E-state index contributed by atoms with van der Waals surface area (Å²) >= 11 is 0. The van der Waals surface area contributed by atoms with Crippen LogP contribution in [-0.4, -0.2) is 102 Å². The van der Waals surface area contributed by atoms with Crippen molar-refractivity contribution in [2.75, 3.05) is 88.3 Å². The summed E-state index contributed by atoms with van der Waals surface area (Å²) in [6.07, 6.45) is 18.8. The van der Waals surface area contributed by atoms with Gasteiger partial charge in [-0.15, -0.1) is 0 Å². The molecule has 1 N–H and O–H groups in total. The summed E-state index contributed by atoms with van der Waals surface area (Å²) in [6.45, 7) is 7.25. The highest BCUT2D eigenvalue weighted by atomic mass is 32.2. The van der Waals surface area contributed by atoms with Crippen LogP contribution in [0.2, 0.25) is 0 Å². The van der Waals surface area contributed by atoms with Crippen molar-refractivity contribution in [2.45, 2.75) is 139 Å². The monoisotopic (exact) mass is 1050 g/mol. The molecule has 0 bridgehead atoms. The van der Waals surface area contributed by atoms with Crippen molar-refractivity contribution in [2.24, 2.45) is 0 Å². The van der Waals surface area contributed by atoms with Crippen molar-refractivity contribution in [3.05, 3.63) is 107 Å². The number of unbranched alkanes of at least 4 members (excludes halogenated alkanes) is 12. The lowest BCUT2D eigenvalue weighted by Crippen LogP contribution is -2.40. The quantitative estimate of drug-likeness (QED) is 0.0268. The molecular formula is C59H86O14S. The number of aliphatic hydroxyl groups excluding tert-OH is 1. The van der Waals surface area contributed by atoms with Gasteiger partial charge in [0.15, 0.2) is 27.2 Å². The van der Waals surface area contributed by atoms with Gasteiger partial charge in [0.1, 0.15) is 34.5 Å². The largest absolute Gasteiger partial charge is 0.492 e. The number of rotatable bonds is 34. The minimum atomic E-state index is -3.34. The molecule has 14 nitrogen and oxygen atoms in total. The van der Waals surface area contributed by atoms with Crippen LogP contribution in [0.15, 0.2) is 84.9 Å². The third-order valence-corrected chi connectivity index (χ3v) is 14.9. The molecule has 4 aromatic rings. The van der Waals surface area contributed by atoms with Gasteiger partial charge in [0.2, 0.25) is 0 Å². The molecule has 0 spiro atoms. The second-order valence-corrected chi connectivity index (χ2v) is 21.6. The molecule has 0 saturated carbocycles. The lowest BCUT2D eigenvalue weighted by atomic mass is 9.66. The molecule has 0 aromatic heterocycles. The number of fused-ring (bicyclic) bond motifs is 2. The molecule has 2 aliphatic heterocycles. The molecule has 0 amide bonds. The number of methoxy groups -OCH3 is 4. The van der Waals surface area contributed by atoms with Gasteiger partial charge in [-0.25, -0.2) is 0 Å². The number of aliphatic hydroxyl groups is 1. The summed E-state index contributed by atoms with van der Waals surface area (Å²) in [5.74, 6) is 5.48. The van der Waals surface area contributed by atoms with Crippen molar-refractivity contribution in [1.82, 2.24) is 0 Å². The first-order valence-electron chi connectivity index (χ1n) is 26.6. The maximum atomic E-state index is 11.0. The number of ether oxygens (including phenoxy) is 10. The van der Waals surface area contributed by atoms with Gasteiger partial charge in [0.05, 0.1) is 26.1 Å². The van der Waals surface area contributed by atoms with Crippen molar-refractivity contribution in [3.8, 4) is 34.5 Å². The van der Waals surface area contributed by atoms with Crippen molar-refractivity contribution >= 4 is 10.1 Å². The van der Waals surface area contributed by atoms with Gasteiger partial charge in [-0.2, -0.15) is 8.42 Å². The highest BCUT2D eigenvalue weighted by Crippen LogP contribution is 2.51. The Bertz CT molecular complexity index is 2290. The molecular weight excluding hydrogens is 965 g/mol. The predicted octanol–water partition coefficient (Wildman–Crippen LogP) is 12.4. The van der Waals surface area contributed by atoms with Crippen LogP contribution in [0.5, 0.6) is 34.5 Å². The van der Waals surface area contributed by atoms with E-state index in [0.29, 0.717) is 25.7 Å². The van der Waals surface area contributed by atoms with Crippen LogP contribution >= 0.6 is 0 Å². The molecule has 6 rings (SSSR count). The predicted molar refractivity (Wildman–Crippen MR) is 289 cm³/mol. The van der Waals surface area contributed by atoms with Crippen molar-refractivity contribution in [1.29, 1.82) is 0 Å². The van der Waals surface area contributed by atoms with Crippen LogP contribution in [0.4, 0.5) is 0 Å². The fourth-order valence-electron chi connectivity index (χ4n) is 10.2. The van der Waals surface area contributed by atoms with Crippen LogP contribution in [0, 0.1) is 0 Å². The minimum Gasteiger partial charge on any atom is -0.492 e. The Morgan fingerprint density at radius 1 is 0.486 bits per heavy atom. The summed E-state index contributed by atoms with van der Waals surface area (Å²) in [5.41, 5.74) is 4.58. The Labute approximate surface area is 442 Å². The number of hydrogen-bond donors (Lipinski definition) is 1. The van der Waals surface area contributed by atoms with Gasteiger partial charge in [0.25, 0.3) is 10.1 Å². The van der Waals surface area contributed by atoms with Gasteiger partial charge >= 0.3 is 0 Å². The average Bonchev–Trinajstić information content (AvgIpc) is 3.40. The van der Waals surface area contributed by atoms with Gasteiger partial charge in [0, 0.05) is 69.8 Å². The van der Waals surface area contributed by atoms with E-state index >= 15 is 0 Å². The zero-order valence-corrected chi connectivity index (χ0v) is 46.2. The second kappa shape index (κ2) is 32.1. The first kappa shape index (κ1) is 60.3. The van der Waals surface area contributed by atoms with Crippen LogP contribution in [-0.2, 0) is 44.1 Å². The Morgan fingerprint density at radius 3 is 1.19 bits per heavy atom. The van der Waals surface area contributed by atoms with Gasteiger partial charge in [-0.3, -0.25) is 4.18 Å². The maximum Gasteiger partial charge on any atom is 0.264 e. The van der Waals surface area contributed by atoms with Crippen LogP contribution < -0.4 is 28.4 Å². The van der Waals surface area contributed by atoms with Crippen LogP contribution in [0.3, 0.4) is 0 Å². The third-order valence-electron chi connectivity index (χ3n) is 14.3. The first-order valence-corrected chi connectivity index (χ1v) is 28.4. The standard InChI is InChI=1S/C30H44O8S.C29H42O6/c1-30(24-13-15-25(16-14-24)36-22-33-2)21-35-29-20-26(37-23-34-3)17-18-27(29)28(30)12-10-8-6-5-7-9-11-19-38-39(4,31)32;1-29(23-12-14-24(15-13-23)34-21-31-2)20-33-28-19-25(35-22-32-3)16-17-26(28)27(29)11-9-7-5-4-6-8-10-18-30/h13-18,20,28H,5-12,19,21-23H2,1-4H3;12-17,19,27,30H,4-11,18,20-22H2,1-3H3. The highest BCUT2D eigenvalue weighted by molar-refractivity contribution is 7.85. The molecule has 0 aliphatic carbocycles. The van der Waals surface area contributed by atoms with E-state index < -0.39 is 10.1 Å². The fourth-order valence-corrected chi connectivity index (χ4v) is 10.6. The Balaban J connectivity index is 0.000000276. The average molecular weight is 1050 g/mol. The van der Waals surface area contributed by atoms with E-state index in [-0.39, 0.29) is 50.5 Å². The first-order chi connectivity index (χ1) is 35.9. The van der Waals surface area contributed by atoms with Crippen molar-refractivity contribution < 1.29 is 65.1 Å². The summed E-state index contributed by atoms with van der Waals surface area (Å²) in [5, 5.41) is 8.95. The maximum absolute atomic E-state index is 11.0. The molecule has 2 aliphatic rings. The van der Waals surface area contributed by atoms with E-state index in [4.69, 9.17) is 56.7 Å². The zero-order chi connectivity index (χ0) is 53.1. The Morgan fingerprint density at radius 2 is 0.824 bits per heavy atom. The van der Waals surface area contributed by atoms with Gasteiger partial charge in [-0.05, 0) is 84.3 Å². The molecule has 2 heterocycles. The SMILES string of the molecule is COCOc1ccc(C2(C)COc3cc(OCOC)ccc3C2CCCCCCCCCO)cc1.COCOc1ccc(C2(C)COc3cc(OCOC)ccc3C2CCCCCCCCCOS(C)(=O)=O)cc1. The smallest absolute Gasteiger partial charge is 0.264 e. The van der Waals surface area contributed by atoms with Gasteiger partial charge < -0.3 is 52.5 Å². The van der Waals surface area contributed by atoms with Crippen LogP contribution in [0.1, 0.15) is 151 Å². The van der Waals surface area contributed by atoms with E-state index in [1.165, 1.54) is 54.4 Å². The summed E-state index contributed by atoms with van der Waals surface area (Å²) < 4.78 is 82.2. The zero-order valence-electron chi connectivity index (χ0n) is 45.4. The molecule has 0 saturated heterocycles. The summed E-state index contributed by atoms with van der Waals surface area (Å²) in [6, 6.07) is 28.9. The normalized spacial score (nSPS) is 19.0. The van der Waals surface area contributed by atoms with E-state index in [1.807, 2.05) is 48.5 Å². The Hall–Kier alpha value is -4.61. The molecule has 412 valence electrons. The fraction of sp³-hybridized carbons (Fsp3) is 0.593. The molecule has 0 fully saturated rings. The molecule has 4 atom stereocenters. The van der Waals surface area contributed by atoms with Crippen molar-refractivity contribution in [3.63, 3.8) is 0 Å². The summed E-state index contributed by atoms with van der Waals surface area (Å²) in [4.78, 5) is 0. The molecule has 4 unspecified atom stereocenters. The van der Waals surface area contributed by atoms with Gasteiger partial charge in [-0.1, -0.05) is 127 Å². The third kappa shape index (κ3) is 18.9. The topological polar surface area (TPSA) is 156 Å². The van der Waals surface area contributed by atoms with E-state index in [0.717, 1.165) is 111 Å². The lowest BCUT2D eigenvalue weighted by Gasteiger charge is -2.43. The highest BCUT2D eigenvalue weighted by Gasteiger charge is 2.43. The summed E-state index contributed by atoms with van der Waals surface area (Å²) in [7, 11) is 3.12. The number of benzene rings is 4. The molecule has 15 heteroatoms. The molecule has 0 radical (unpaired) electrons. The minimum absolute atomic E-state index is 0.150. The second-order valence-electron chi connectivity index (χ2n) is 19.9. The van der Waals surface area contributed by atoms with E-state index in [2.05, 4.69) is 50.2 Å². The lowest BCUT2D eigenvalue weighted by molar-refractivity contribution is 0.0504. The Kier molecular flexibility index (Phi) is 26.1. The molecule has 74 heavy (non-hydrogen) atoms. The van der Waals surface area contributed by atoms with E-state index in [9.17, 15) is 8.42 Å². The molecule has 4 aromatic carbocycles. The van der Waals surface area contributed by atoms with E-state index in [1.54, 1.807) is 28.4 Å². The number of hydrogen-bond acceptors (Lipinski definition) is 14.